The fourth-order valence-electron chi connectivity index (χ4n) is 3.28. The molecule has 1 aromatic heterocycles. The molecule has 0 bridgehead atoms. The standard InChI is InChI=1S/C17H22NO/c1-17(2,3)13-8-9-16-15(10-13)14-7-5-4-6-12(14)11-18(16)19/h4-7,11,13,19H,8-10H2,1-3H3/q+1. The lowest BCUT2D eigenvalue weighted by Gasteiger charge is -2.33. The van der Waals surface area contributed by atoms with Crippen LogP contribution in [0.5, 0.6) is 0 Å². The van der Waals surface area contributed by atoms with Gasteiger partial charge in [0.2, 0.25) is 11.9 Å². The molecule has 1 N–H and O–H groups in total. The molecule has 0 aliphatic heterocycles. The maximum atomic E-state index is 10.2. The van der Waals surface area contributed by atoms with Gasteiger partial charge in [-0.2, -0.15) is 0 Å². The molecular formula is C17H22NO+. The van der Waals surface area contributed by atoms with E-state index in [9.17, 15) is 5.21 Å². The van der Waals surface area contributed by atoms with Crippen LogP contribution >= 0.6 is 0 Å². The largest absolute Gasteiger partial charge is 0.285 e. The van der Waals surface area contributed by atoms with Crippen LogP contribution in [0.15, 0.2) is 30.5 Å². The summed E-state index contributed by atoms with van der Waals surface area (Å²) in [6.07, 6.45) is 5.04. The van der Waals surface area contributed by atoms with E-state index in [-0.39, 0.29) is 0 Å². The monoisotopic (exact) mass is 256 g/mol. The molecule has 1 heterocycles. The van der Waals surface area contributed by atoms with Gasteiger partial charge in [0.15, 0.2) is 0 Å². The van der Waals surface area contributed by atoms with Crippen LogP contribution in [-0.4, -0.2) is 5.21 Å². The van der Waals surface area contributed by atoms with Crippen molar-refractivity contribution in [3.8, 4) is 0 Å². The van der Waals surface area contributed by atoms with Crippen LogP contribution in [0.4, 0.5) is 0 Å². The van der Waals surface area contributed by atoms with Crippen LogP contribution in [0, 0.1) is 11.3 Å². The number of aromatic nitrogens is 1. The lowest BCUT2D eigenvalue weighted by atomic mass is 9.71. The Kier molecular flexibility index (Phi) is 2.77. The van der Waals surface area contributed by atoms with Gasteiger partial charge in [0.05, 0.1) is 5.39 Å². The first-order chi connectivity index (χ1) is 8.97. The number of nitrogens with zero attached hydrogens (tertiary/aromatic N) is 1. The average molecular weight is 256 g/mol. The first-order valence-electron chi connectivity index (χ1n) is 7.11. The summed E-state index contributed by atoms with van der Waals surface area (Å²) in [7, 11) is 0. The van der Waals surface area contributed by atoms with E-state index in [2.05, 4.69) is 39.0 Å². The molecule has 2 nitrogen and oxygen atoms in total. The third kappa shape index (κ3) is 2.09. The van der Waals surface area contributed by atoms with E-state index in [0.29, 0.717) is 11.3 Å². The fraction of sp³-hybridized carbons (Fsp3) is 0.471. The van der Waals surface area contributed by atoms with Gasteiger partial charge < -0.3 is 0 Å². The number of hydrogen-bond acceptors (Lipinski definition) is 1. The van der Waals surface area contributed by atoms with E-state index in [1.165, 1.54) is 15.7 Å². The van der Waals surface area contributed by atoms with Crippen molar-refractivity contribution in [2.75, 3.05) is 0 Å². The van der Waals surface area contributed by atoms with E-state index in [1.807, 2.05) is 12.3 Å². The van der Waals surface area contributed by atoms with E-state index in [1.54, 1.807) is 0 Å². The van der Waals surface area contributed by atoms with Crippen LogP contribution in [0.25, 0.3) is 10.8 Å². The van der Waals surface area contributed by atoms with E-state index >= 15 is 0 Å². The maximum absolute atomic E-state index is 10.2. The lowest BCUT2D eigenvalue weighted by molar-refractivity contribution is -0.909. The molecule has 0 saturated heterocycles. The molecule has 1 atom stereocenters. The van der Waals surface area contributed by atoms with Crippen molar-refractivity contribution in [2.24, 2.45) is 11.3 Å². The van der Waals surface area contributed by atoms with Crippen molar-refractivity contribution >= 4 is 10.8 Å². The first kappa shape index (κ1) is 12.5. The Morgan fingerprint density at radius 3 is 2.68 bits per heavy atom. The summed E-state index contributed by atoms with van der Waals surface area (Å²) in [6, 6.07) is 8.37. The number of benzene rings is 1. The molecule has 1 unspecified atom stereocenters. The smallest absolute Gasteiger partial charge is 0.237 e. The molecule has 0 saturated carbocycles. The zero-order valence-corrected chi connectivity index (χ0v) is 12.0. The maximum Gasteiger partial charge on any atom is 0.237 e. The second-order valence-electron chi connectivity index (χ2n) is 6.79. The van der Waals surface area contributed by atoms with Gasteiger partial charge >= 0.3 is 0 Å². The summed E-state index contributed by atoms with van der Waals surface area (Å²) >= 11 is 0. The normalized spacial score (nSPS) is 19.4. The molecule has 1 aliphatic carbocycles. The molecule has 3 rings (SSSR count). The van der Waals surface area contributed by atoms with Crippen LogP contribution in [0.3, 0.4) is 0 Å². The molecule has 0 radical (unpaired) electrons. The van der Waals surface area contributed by atoms with Crippen LogP contribution in [0.1, 0.15) is 38.4 Å². The van der Waals surface area contributed by atoms with Crippen LogP contribution in [0.2, 0.25) is 0 Å². The van der Waals surface area contributed by atoms with Gasteiger partial charge in [0.25, 0.3) is 0 Å². The van der Waals surface area contributed by atoms with Gasteiger partial charge in [-0.1, -0.05) is 39.0 Å². The highest BCUT2D eigenvalue weighted by molar-refractivity contribution is 5.84. The Morgan fingerprint density at radius 2 is 1.95 bits per heavy atom. The molecule has 0 amide bonds. The van der Waals surface area contributed by atoms with Crippen LogP contribution in [-0.2, 0) is 12.8 Å². The third-order valence-electron chi connectivity index (χ3n) is 4.58. The van der Waals surface area contributed by atoms with E-state index < -0.39 is 0 Å². The SMILES string of the molecule is CC(C)(C)C1CCc2c(c3ccccc3c[n+]2O)C1. The van der Waals surface area contributed by atoms with Gasteiger partial charge in [-0.25, -0.2) is 0 Å². The molecule has 2 aromatic rings. The zero-order valence-electron chi connectivity index (χ0n) is 12.0. The Labute approximate surface area is 114 Å². The van der Waals surface area contributed by atoms with E-state index in [4.69, 9.17) is 0 Å². The highest BCUT2D eigenvalue weighted by Crippen LogP contribution is 2.38. The fourth-order valence-corrected chi connectivity index (χ4v) is 3.28. The molecule has 1 aromatic carbocycles. The number of rotatable bonds is 0. The summed E-state index contributed by atoms with van der Waals surface area (Å²) < 4.78 is 1.34. The molecule has 2 heteroatoms. The van der Waals surface area contributed by atoms with Gasteiger partial charge in [0, 0.05) is 16.7 Å². The Morgan fingerprint density at radius 1 is 1.21 bits per heavy atom. The van der Waals surface area contributed by atoms with Crippen molar-refractivity contribution in [3.05, 3.63) is 41.7 Å². The highest BCUT2D eigenvalue weighted by atomic mass is 16.5. The van der Waals surface area contributed by atoms with Gasteiger partial charge in [-0.3, -0.25) is 5.21 Å². The minimum atomic E-state index is 0.328. The van der Waals surface area contributed by atoms with Crippen molar-refractivity contribution in [1.82, 2.24) is 0 Å². The Balaban J connectivity index is 2.17. The number of fused-ring (bicyclic) bond motifs is 3. The molecule has 0 spiro atoms. The number of pyridine rings is 1. The second kappa shape index (κ2) is 4.22. The summed E-state index contributed by atoms with van der Waals surface area (Å²) in [5, 5.41) is 12.6. The first-order valence-corrected chi connectivity index (χ1v) is 7.11. The molecule has 100 valence electrons. The summed E-state index contributed by atoms with van der Waals surface area (Å²) in [5.41, 5.74) is 2.76. The summed E-state index contributed by atoms with van der Waals surface area (Å²) in [4.78, 5) is 0. The molecular weight excluding hydrogens is 234 g/mol. The van der Waals surface area contributed by atoms with Gasteiger partial charge in [0.1, 0.15) is 0 Å². The average Bonchev–Trinajstić information content (AvgIpc) is 2.37. The second-order valence-corrected chi connectivity index (χ2v) is 6.79. The van der Waals surface area contributed by atoms with E-state index in [0.717, 1.165) is 30.3 Å². The summed E-state index contributed by atoms with van der Waals surface area (Å²) in [6.45, 7) is 6.96. The summed E-state index contributed by atoms with van der Waals surface area (Å²) in [5.74, 6) is 0.686. The Hall–Kier alpha value is -1.57. The predicted molar refractivity (Wildman–Crippen MR) is 76.3 cm³/mol. The van der Waals surface area contributed by atoms with Crippen molar-refractivity contribution in [2.45, 2.75) is 40.0 Å². The van der Waals surface area contributed by atoms with Gasteiger partial charge in [-0.15, -0.1) is 0 Å². The third-order valence-corrected chi connectivity index (χ3v) is 4.58. The van der Waals surface area contributed by atoms with Crippen LogP contribution < -0.4 is 4.73 Å². The van der Waals surface area contributed by atoms with Gasteiger partial charge in [-0.05, 0) is 35.6 Å². The lowest BCUT2D eigenvalue weighted by Crippen LogP contribution is -2.40. The predicted octanol–water partition coefficient (Wildman–Crippen LogP) is 3.52. The van der Waals surface area contributed by atoms with Crippen molar-refractivity contribution in [3.63, 3.8) is 0 Å². The highest BCUT2D eigenvalue weighted by Gasteiger charge is 2.34. The number of hydrogen-bond donors (Lipinski definition) is 1. The minimum absolute atomic E-state index is 0.328. The Bertz CT molecular complexity index is 625. The zero-order chi connectivity index (χ0) is 13.6. The molecule has 19 heavy (non-hydrogen) atoms. The molecule has 1 aliphatic rings. The quantitative estimate of drug-likeness (QED) is 0.566. The van der Waals surface area contributed by atoms with Crippen molar-refractivity contribution < 1.29 is 9.94 Å². The minimum Gasteiger partial charge on any atom is -0.285 e. The molecule has 0 fully saturated rings. The topological polar surface area (TPSA) is 24.1 Å². The van der Waals surface area contributed by atoms with Crippen molar-refractivity contribution in [1.29, 1.82) is 0 Å².